The normalized spacial score (nSPS) is 22.4. The lowest BCUT2D eigenvalue weighted by Gasteiger charge is -2.45. The van der Waals surface area contributed by atoms with Gasteiger partial charge in [0.1, 0.15) is 0 Å². The molecule has 0 radical (unpaired) electrons. The average molecular weight is 1110 g/mol. The van der Waals surface area contributed by atoms with Crippen molar-refractivity contribution >= 4 is 35.2 Å². The number of hydrogen-bond acceptors (Lipinski definition) is 10. The van der Waals surface area contributed by atoms with Gasteiger partial charge >= 0.3 is 0 Å². The van der Waals surface area contributed by atoms with Crippen molar-refractivity contribution in [1.82, 2.24) is 44.2 Å². The molecule has 8 aliphatic rings. The van der Waals surface area contributed by atoms with E-state index in [4.69, 9.17) is 16.3 Å². The molecule has 2 aromatic carbocycles. The van der Waals surface area contributed by atoms with Crippen molar-refractivity contribution in [2.24, 2.45) is 5.41 Å². The van der Waals surface area contributed by atoms with E-state index < -0.39 is 0 Å². The molecule has 0 bridgehead atoms. The topological polar surface area (TPSA) is 116 Å². The van der Waals surface area contributed by atoms with E-state index >= 15 is 0 Å². The van der Waals surface area contributed by atoms with Crippen molar-refractivity contribution in [3.63, 3.8) is 0 Å². The molecule has 1 aromatic heterocycles. The Bertz CT molecular complexity index is 2350. The number of carbonyl (C=O) groups excluding carboxylic acids is 4. The molecule has 0 atom stereocenters. The molecule has 4 saturated carbocycles. The molecule has 14 nitrogen and oxygen atoms in total. The molecule has 0 N–H and O–H groups in total. The summed E-state index contributed by atoms with van der Waals surface area (Å²) in [6.07, 6.45) is 10.8. The molecule has 79 heavy (non-hydrogen) atoms. The minimum atomic E-state index is -0.304. The first-order valence-corrected chi connectivity index (χ1v) is 30.6. The van der Waals surface area contributed by atoms with E-state index in [1.165, 1.54) is 12.0 Å². The van der Waals surface area contributed by atoms with Crippen LogP contribution in [0.25, 0.3) is 0 Å². The summed E-state index contributed by atoms with van der Waals surface area (Å²) in [6.45, 7) is 33.2. The molecule has 0 spiro atoms. The predicted molar refractivity (Wildman–Crippen MR) is 316 cm³/mol. The number of piperazine rings is 4. The quantitative estimate of drug-likeness (QED) is 0.166. The molecule has 15 heteroatoms. The maximum Gasteiger partial charge on any atom is 0.234 e. The maximum atomic E-state index is 12.9. The van der Waals surface area contributed by atoms with Gasteiger partial charge in [0.15, 0.2) is 0 Å². The summed E-state index contributed by atoms with van der Waals surface area (Å²) >= 11 is 6.09. The summed E-state index contributed by atoms with van der Waals surface area (Å²) in [4.78, 5) is 73.6. The SMILES string of the molecule is CC(C)N1CCN(C(=O)C2(c3cccc(Cl)c3)CC2)CC1.CC(C)N1CCN(C(=O)C2(c3ccccc3)CC2)CC1.CC(C)N1CCN(C(=O)C2(c3ccccn3)CC2)CC1.COCC1(C(=O)N2CCN(C(C)C)CC2)CCC1. The fraction of sp³-hybridized carbons (Fsp3) is 0.672. The first-order chi connectivity index (χ1) is 37.9. The van der Waals surface area contributed by atoms with Gasteiger partial charge in [-0.3, -0.25) is 43.8 Å². The smallest absolute Gasteiger partial charge is 0.234 e. The van der Waals surface area contributed by atoms with Crippen molar-refractivity contribution in [2.75, 3.05) is 118 Å². The third-order valence-electron chi connectivity index (χ3n) is 18.8. The van der Waals surface area contributed by atoms with Crippen LogP contribution in [0, 0.1) is 5.41 Å². The highest BCUT2D eigenvalue weighted by Gasteiger charge is 2.56. The number of halogens is 1. The molecule has 4 amide bonds. The van der Waals surface area contributed by atoms with Crippen molar-refractivity contribution in [1.29, 1.82) is 0 Å². The summed E-state index contributed by atoms with van der Waals surface area (Å²) < 4.78 is 5.26. The Morgan fingerprint density at radius 1 is 0.456 bits per heavy atom. The summed E-state index contributed by atoms with van der Waals surface area (Å²) in [5.41, 5.74) is 2.28. The second kappa shape index (κ2) is 26.6. The van der Waals surface area contributed by atoms with Crippen LogP contribution in [0.15, 0.2) is 79.0 Å². The number of methoxy groups -OCH3 is 1. The van der Waals surface area contributed by atoms with Gasteiger partial charge in [-0.2, -0.15) is 0 Å². The molecule has 3 aromatic rings. The maximum absolute atomic E-state index is 12.9. The number of amides is 4. The Kier molecular flexibility index (Phi) is 20.5. The Labute approximate surface area is 479 Å². The number of rotatable bonds is 13. The van der Waals surface area contributed by atoms with Gasteiger partial charge in [0.2, 0.25) is 23.6 Å². The fourth-order valence-corrected chi connectivity index (χ4v) is 12.9. The van der Waals surface area contributed by atoms with Crippen molar-refractivity contribution in [2.45, 2.75) is 154 Å². The lowest BCUT2D eigenvalue weighted by Crippen LogP contribution is -2.57. The van der Waals surface area contributed by atoms with Gasteiger partial charge in [-0.15, -0.1) is 0 Å². The number of hydrogen-bond donors (Lipinski definition) is 0. The van der Waals surface area contributed by atoms with Crippen LogP contribution >= 0.6 is 11.6 Å². The number of nitrogens with zero attached hydrogens (tertiary/aromatic N) is 9. The molecule has 5 heterocycles. The molecule has 4 saturated heterocycles. The zero-order chi connectivity index (χ0) is 56.5. The highest BCUT2D eigenvalue weighted by Crippen LogP contribution is 2.52. The predicted octanol–water partition coefficient (Wildman–Crippen LogP) is 8.22. The largest absolute Gasteiger partial charge is 0.384 e. The molecule has 0 unspecified atom stereocenters. The first kappa shape index (κ1) is 60.7. The van der Waals surface area contributed by atoms with Gasteiger partial charge in [-0.25, -0.2) is 0 Å². The van der Waals surface area contributed by atoms with Gasteiger partial charge < -0.3 is 24.3 Å². The van der Waals surface area contributed by atoms with Gasteiger partial charge in [-0.1, -0.05) is 66.6 Å². The lowest BCUT2D eigenvalue weighted by atomic mass is 9.68. The van der Waals surface area contributed by atoms with Crippen molar-refractivity contribution < 1.29 is 23.9 Å². The Balaban J connectivity index is 0.000000139. The molecular formula is C64H96ClN9O5. The highest BCUT2D eigenvalue weighted by atomic mass is 35.5. The number of carbonyl (C=O) groups is 4. The van der Waals surface area contributed by atoms with Crippen LogP contribution in [0.5, 0.6) is 0 Å². The van der Waals surface area contributed by atoms with E-state index in [9.17, 15) is 19.2 Å². The van der Waals surface area contributed by atoms with Crippen LogP contribution in [0.2, 0.25) is 5.02 Å². The monoisotopic (exact) mass is 1110 g/mol. The zero-order valence-corrected chi connectivity index (χ0v) is 50.4. The van der Waals surface area contributed by atoms with E-state index in [2.05, 4.69) is 102 Å². The summed E-state index contributed by atoms with van der Waals surface area (Å²) in [5.74, 6) is 1.28. The van der Waals surface area contributed by atoms with Crippen LogP contribution in [-0.4, -0.2) is 210 Å². The van der Waals surface area contributed by atoms with Gasteiger partial charge in [-0.05, 0) is 142 Å². The number of ether oxygens (including phenoxy) is 1. The average Bonchev–Trinajstić information content (AvgIpc) is 4.48. The second-order valence-corrected chi connectivity index (χ2v) is 25.5. The third kappa shape index (κ3) is 14.3. The van der Waals surface area contributed by atoms with Crippen LogP contribution < -0.4 is 0 Å². The molecule has 434 valence electrons. The molecule has 8 fully saturated rings. The minimum absolute atomic E-state index is 0.186. The highest BCUT2D eigenvalue weighted by molar-refractivity contribution is 6.30. The summed E-state index contributed by atoms with van der Waals surface area (Å²) in [7, 11) is 1.70. The molecular weight excluding hydrogens is 1010 g/mol. The third-order valence-corrected chi connectivity index (χ3v) is 19.1. The summed E-state index contributed by atoms with van der Waals surface area (Å²) in [5, 5.41) is 0.719. The molecule has 4 aliphatic carbocycles. The Hall–Kier alpha value is -4.44. The van der Waals surface area contributed by atoms with Crippen molar-refractivity contribution in [3.8, 4) is 0 Å². The van der Waals surface area contributed by atoms with Gasteiger partial charge in [0.25, 0.3) is 0 Å². The van der Waals surface area contributed by atoms with Crippen molar-refractivity contribution in [3.05, 3.63) is 101 Å². The minimum Gasteiger partial charge on any atom is -0.384 e. The number of benzene rings is 2. The lowest BCUT2D eigenvalue weighted by molar-refractivity contribution is -0.154. The number of pyridine rings is 1. The van der Waals surface area contributed by atoms with Crippen LogP contribution in [-0.2, 0) is 40.2 Å². The van der Waals surface area contributed by atoms with E-state index in [-0.39, 0.29) is 21.7 Å². The summed E-state index contributed by atoms with van der Waals surface area (Å²) in [6, 6.07) is 26.3. The van der Waals surface area contributed by atoms with Gasteiger partial charge in [0, 0.05) is 147 Å². The zero-order valence-electron chi connectivity index (χ0n) is 49.6. The molecule has 4 aliphatic heterocycles. The standard InChI is InChI=1S/C17H23ClN2O.C17H24N2O.C16H23N3O.C14H26N2O2/c1-13(2)19-8-10-20(11-9-19)16(21)17(6-7-17)14-4-3-5-15(18)12-14;1-14(2)18-10-12-19(13-11-18)16(20)17(8-9-17)15-6-4-3-5-7-15;1-13(2)18-9-11-19(12-10-18)15(20)16(6-7-16)14-5-3-4-8-17-14;1-12(2)15-7-9-16(10-8-15)13(17)14(11-18-3)5-4-6-14/h3-5,12-13H,6-11H2,1-2H3;3-7,14H,8-13H2,1-2H3;3-5,8,13H,6-7,9-12H2,1-2H3;12H,4-11H2,1-3H3. The Morgan fingerprint density at radius 2 is 0.823 bits per heavy atom. The van der Waals surface area contributed by atoms with Gasteiger partial charge in [0.05, 0.1) is 34.0 Å². The van der Waals surface area contributed by atoms with E-state index in [0.717, 1.165) is 172 Å². The van der Waals surface area contributed by atoms with Crippen LogP contribution in [0.1, 0.15) is 130 Å². The fourth-order valence-electron chi connectivity index (χ4n) is 12.7. The Morgan fingerprint density at radius 3 is 1.15 bits per heavy atom. The van der Waals surface area contributed by atoms with Crippen LogP contribution in [0.4, 0.5) is 0 Å². The second-order valence-electron chi connectivity index (χ2n) is 25.1. The molecule has 11 rings (SSSR count). The van der Waals surface area contributed by atoms with E-state index in [1.807, 2.05) is 70.5 Å². The first-order valence-electron chi connectivity index (χ1n) is 30.2. The van der Waals surface area contributed by atoms with Crippen LogP contribution in [0.3, 0.4) is 0 Å². The number of aromatic nitrogens is 1. The van der Waals surface area contributed by atoms with E-state index in [0.29, 0.717) is 54.4 Å². The van der Waals surface area contributed by atoms with E-state index in [1.54, 1.807) is 13.3 Å².